The Morgan fingerprint density at radius 1 is 0.636 bits per heavy atom. The summed E-state index contributed by atoms with van der Waals surface area (Å²) in [6, 6.07) is 42.4. The van der Waals surface area contributed by atoms with Crippen LogP contribution in [-0.2, 0) is 0 Å². The summed E-state index contributed by atoms with van der Waals surface area (Å²) in [6.07, 6.45) is 2.50. The fourth-order valence-corrected chi connectivity index (χ4v) is 15.3. The van der Waals surface area contributed by atoms with E-state index in [1.165, 1.54) is 40.1 Å². The number of rotatable bonds is 6. The van der Waals surface area contributed by atoms with Gasteiger partial charge in [-0.05, 0) is 0 Å². The molecule has 1 saturated heterocycles. The fourth-order valence-electron chi connectivity index (χ4n) is 5.38. The van der Waals surface area contributed by atoms with E-state index in [-0.39, 0.29) is 7.92 Å². The third-order valence-electron chi connectivity index (χ3n) is 7.17. The van der Waals surface area contributed by atoms with Crippen molar-refractivity contribution in [3.8, 4) is 0 Å². The number of hydrogen-bond donors (Lipinski definition) is 1. The summed E-state index contributed by atoms with van der Waals surface area (Å²) in [7, 11) is -2.74. The normalized spacial score (nSPS) is 19.5. The number of aryl methyl sites for hydroxylation is 1. The average Bonchev–Trinajstić information content (AvgIpc) is 3.29. The monoisotopic (exact) mass is 469 g/mol. The van der Waals surface area contributed by atoms with Gasteiger partial charge in [-0.15, -0.1) is 0 Å². The van der Waals surface area contributed by atoms with Crippen molar-refractivity contribution >= 4 is 25.9 Å². The number of benzene rings is 4. The first-order valence-electron chi connectivity index (χ1n) is 11.9. The zero-order valence-corrected chi connectivity index (χ0v) is 21.2. The van der Waals surface area contributed by atoms with Crippen LogP contribution >= 0.6 is 15.3 Å². The average molecular weight is 470 g/mol. The molecule has 4 aromatic rings. The van der Waals surface area contributed by atoms with Crippen LogP contribution in [0.5, 0.6) is 0 Å². The van der Waals surface area contributed by atoms with Gasteiger partial charge in [-0.3, -0.25) is 0 Å². The Bertz CT molecular complexity index is 1110. The molecule has 1 aliphatic heterocycles. The molecule has 0 aliphatic carbocycles. The Labute approximate surface area is 200 Å². The van der Waals surface area contributed by atoms with Crippen molar-refractivity contribution in [2.24, 2.45) is 5.50 Å². The Morgan fingerprint density at radius 2 is 1.06 bits per heavy atom. The summed E-state index contributed by atoms with van der Waals surface area (Å²) in [5.74, 6) is 1.12. The van der Waals surface area contributed by atoms with Crippen molar-refractivity contribution in [3.63, 3.8) is 0 Å². The molecule has 1 nitrogen and oxygen atoms in total. The van der Waals surface area contributed by atoms with Crippen LogP contribution in [-0.4, -0.2) is 5.90 Å². The predicted molar refractivity (Wildman–Crippen MR) is 149 cm³/mol. The van der Waals surface area contributed by atoms with Gasteiger partial charge in [0.2, 0.25) is 0 Å². The molecule has 0 spiro atoms. The summed E-state index contributed by atoms with van der Waals surface area (Å²) in [5.41, 5.74) is 13.1. The quantitative estimate of drug-likeness (QED) is 0.295. The maximum atomic E-state index is 7.61. The first-order chi connectivity index (χ1) is 16.1. The van der Waals surface area contributed by atoms with E-state index in [9.17, 15) is 0 Å². The first-order valence-corrected chi connectivity index (χ1v) is 15.9. The molecular weight excluding hydrogens is 436 g/mol. The molecule has 3 heteroatoms. The molecule has 168 valence electrons. The van der Waals surface area contributed by atoms with Gasteiger partial charge >= 0.3 is 200 Å². The van der Waals surface area contributed by atoms with Gasteiger partial charge in [0.25, 0.3) is 0 Å². The van der Waals surface area contributed by atoms with Crippen LogP contribution in [0.1, 0.15) is 40.8 Å². The molecule has 0 bridgehead atoms. The Hall–Kier alpha value is -2.30. The molecule has 2 N–H and O–H groups in total. The topological polar surface area (TPSA) is 26.0 Å². The van der Waals surface area contributed by atoms with Gasteiger partial charge in [0, 0.05) is 0 Å². The third-order valence-corrected chi connectivity index (χ3v) is 16.1. The van der Waals surface area contributed by atoms with Crippen molar-refractivity contribution < 1.29 is 0 Å². The zero-order chi connectivity index (χ0) is 22.7. The summed E-state index contributed by atoms with van der Waals surface area (Å²) in [6.45, 7) is 2.16. The van der Waals surface area contributed by atoms with E-state index in [4.69, 9.17) is 5.50 Å². The van der Waals surface area contributed by atoms with E-state index in [0.717, 1.165) is 5.90 Å². The van der Waals surface area contributed by atoms with E-state index < -0.39 is 7.41 Å². The summed E-state index contributed by atoms with van der Waals surface area (Å²) in [5, 5.41) is 2.70. The number of nitrogens with two attached hydrogens (primary N) is 1. The van der Waals surface area contributed by atoms with Gasteiger partial charge in [0.05, 0.1) is 0 Å². The Balaban J connectivity index is 1.60. The number of hydrogen-bond acceptors (Lipinski definition) is 1. The predicted octanol–water partition coefficient (Wildman–Crippen LogP) is 7.29. The first kappa shape index (κ1) is 22.5. The van der Waals surface area contributed by atoms with Gasteiger partial charge in [-0.1, -0.05) is 0 Å². The van der Waals surface area contributed by atoms with Crippen LogP contribution in [0.2, 0.25) is 0 Å². The summed E-state index contributed by atoms with van der Waals surface area (Å²) in [4.78, 5) is 0. The molecule has 33 heavy (non-hydrogen) atoms. The van der Waals surface area contributed by atoms with Crippen molar-refractivity contribution in [1.82, 2.24) is 0 Å². The molecule has 0 aromatic heterocycles. The molecule has 1 fully saturated rings. The van der Waals surface area contributed by atoms with E-state index in [1.807, 2.05) is 0 Å². The van der Waals surface area contributed by atoms with Crippen LogP contribution in [0.3, 0.4) is 0 Å². The molecule has 1 heterocycles. The maximum absolute atomic E-state index is 7.61. The van der Waals surface area contributed by atoms with Crippen LogP contribution in [0.4, 0.5) is 0 Å². The molecule has 2 atom stereocenters. The second-order valence-electron chi connectivity index (χ2n) is 9.31. The fraction of sp³-hybridized carbons (Fsp3) is 0.200. The molecule has 5 rings (SSSR count). The summed E-state index contributed by atoms with van der Waals surface area (Å²) >= 11 is 0. The van der Waals surface area contributed by atoms with Crippen LogP contribution in [0.25, 0.3) is 0 Å². The van der Waals surface area contributed by atoms with Crippen molar-refractivity contribution in [3.05, 3.63) is 132 Å². The molecule has 0 amide bonds. The minimum absolute atomic E-state index is 0.331. The van der Waals surface area contributed by atoms with Gasteiger partial charge in [0.15, 0.2) is 0 Å². The van der Waals surface area contributed by atoms with Crippen molar-refractivity contribution in [2.45, 2.75) is 31.1 Å². The van der Waals surface area contributed by atoms with E-state index in [2.05, 4.69) is 122 Å². The minimum atomic E-state index is -2.41. The third kappa shape index (κ3) is 4.69. The van der Waals surface area contributed by atoms with Crippen molar-refractivity contribution in [2.75, 3.05) is 5.90 Å². The summed E-state index contributed by atoms with van der Waals surface area (Å²) < 4.78 is 0. The van der Waals surface area contributed by atoms with Gasteiger partial charge in [0.1, 0.15) is 0 Å². The standard InChI is InChI=1S/C30H33NP2/c1-24-17-19-28(20-18-24)33(31,27-15-9-4-10-16-27)23-32-29(25-11-5-2-6-12-25)21-22-30(32)26-13-7-3-8-14-26/h2-20,29-30,33H,21-23,31H2,1H3/t29-,30-/m0/s1. The van der Waals surface area contributed by atoms with Crippen LogP contribution in [0, 0.1) is 6.92 Å². The molecule has 0 unspecified atom stereocenters. The SMILES string of the molecule is Cc1ccc([PH](N)(CP2[C@H](c3ccccc3)CC[C@H]2c2ccccc2)c2ccccc2)cc1. The Kier molecular flexibility index (Phi) is 6.75. The van der Waals surface area contributed by atoms with E-state index in [0.29, 0.717) is 11.3 Å². The van der Waals surface area contributed by atoms with E-state index in [1.54, 1.807) is 0 Å². The second-order valence-corrected chi connectivity index (χ2v) is 15.9. The molecule has 4 aromatic carbocycles. The molecular formula is C30H33NP2. The van der Waals surface area contributed by atoms with Crippen LogP contribution < -0.4 is 16.1 Å². The molecule has 0 radical (unpaired) electrons. The Morgan fingerprint density at radius 3 is 1.55 bits per heavy atom. The van der Waals surface area contributed by atoms with Gasteiger partial charge < -0.3 is 0 Å². The van der Waals surface area contributed by atoms with Crippen LogP contribution in [0.15, 0.2) is 115 Å². The van der Waals surface area contributed by atoms with E-state index >= 15 is 0 Å². The zero-order valence-electron chi connectivity index (χ0n) is 19.3. The van der Waals surface area contributed by atoms with Gasteiger partial charge in [-0.2, -0.15) is 0 Å². The van der Waals surface area contributed by atoms with Crippen molar-refractivity contribution in [1.29, 1.82) is 0 Å². The second kappa shape index (κ2) is 9.90. The van der Waals surface area contributed by atoms with Gasteiger partial charge in [-0.25, -0.2) is 0 Å². The molecule has 0 saturated carbocycles. The molecule has 1 aliphatic rings.